The molecular formula is C12H17N3O2. The van der Waals surface area contributed by atoms with E-state index >= 15 is 0 Å². The van der Waals surface area contributed by atoms with Gasteiger partial charge in [-0.1, -0.05) is 0 Å². The largest absolute Gasteiger partial charge is 0.399 e. The highest BCUT2D eigenvalue weighted by Crippen LogP contribution is 2.22. The first-order chi connectivity index (χ1) is 8.16. The zero-order valence-electron chi connectivity index (χ0n) is 9.61. The van der Waals surface area contributed by atoms with Crippen LogP contribution in [0.1, 0.15) is 23.2 Å². The average molecular weight is 235 g/mol. The van der Waals surface area contributed by atoms with Gasteiger partial charge in [-0.2, -0.15) is 0 Å². The van der Waals surface area contributed by atoms with Crippen molar-refractivity contribution in [2.45, 2.75) is 18.9 Å². The van der Waals surface area contributed by atoms with E-state index in [2.05, 4.69) is 5.32 Å². The molecule has 5 N–H and O–H groups in total. The second-order valence-corrected chi connectivity index (χ2v) is 4.20. The zero-order chi connectivity index (χ0) is 12.3. The molecule has 0 spiro atoms. The summed E-state index contributed by atoms with van der Waals surface area (Å²) in [6.45, 7) is 1.48. The molecule has 92 valence electrons. The van der Waals surface area contributed by atoms with E-state index < -0.39 is 5.91 Å². The monoisotopic (exact) mass is 235 g/mol. The Hall–Kier alpha value is -1.75. The molecule has 1 aliphatic rings. The summed E-state index contributed by atoms with van der Waals surface area (Å²) in [6.07, 6.45) is 1.85. The number of amides is 1. The Morgan fingerprint density at radius 1 is 1.35 bits per heavy atom. The lowest BCUT2D eigenvalue weighted by Gasteiger charge is -2.25. The minimum Gasteiger partial charge on any atom is -0.399 e. The predicted molar refractivity (Wildman–Crippen MR) is 66.8 cm³/mol. The fourth-order valence-corrected chi connectivity index (χ4v) is 1.96. The van der Waals surface area contributed by atoms with E-state index in [1.54, 1.807) is 18.2 Å². The number of carbonyl (C=O) groups is 1. The smallest absolute Gasteiger partial charge is 0.250 e. The molecule has 0 aliphatic carbocycles. The minimum absolute atomic E-state index is 0.309. The van der Waals surface area contributed by atoms with Gasteiger partial charge in [-0.3, -0.25) is 4.79 Å². The molecule has 0 atom stereocenters. The number of hydrogen-bond acceptors (Lipinski definition) is 4. The maximum Gasteiger partial charge on any atom is 0.250 e. The van der Waals surface area contributed by atoms with Gasteiger partial charge in [0.2, 0.25) is 0 Å². The molecule has 0 saturated carbocycles. The molecule has 0 radical (unpaired) electrons. The third-order valence-corrected chi connectivity index (χ3v) is 2.89. The lowest BCUT2D eigenvalue weighted by Crippen LogP contribution is -2.29. The second kappa shape index (κ2) is 5.05. The maximum absolute atomic E-state index is 11.3. The lowest BCUT2D eigenvalue weighted by molar-refractivity contribution is 0.0904. The van der Waals surface area contributed by atoms with Gasteiger partial charge in [-0.25, -0.2) is 0 Å². The van der Waals surface area contributed by atoms with E-state index in [1.807, 2.05) is 0 Å². The van der Waals surface area contributed by atoms with Gasteiger partial charge in [0.1, 0.15) is 0 Å². The number of ether oxygens (including phenoxy) is 1. The summed E-state index contributed by atoms with van der Waals surface area (Å²) < 4.78 is 5.28. The van der Waals surface area contributed by atoms with Crippen molar-refractivity contribution in [3.63, 3.8) is 0 Å². The van der Waals surface area contributed by atoms with E-state index in [9.17, 15) is 4.79 Å². The number of primary amides is 1. The van der Waals surface area contributed by atoms with Crippen LogP contribution in [0.4, 0.5) is 11.4 Å². The Morgan fingerprint density at radius 3 is 2.71 bits per heavy atom. The van der Waals surface area contributed by atoms with Crippen LogP contribution in [0.25, 0.3) is 0 Å². The third kappa shape index (κ3) is 2.88. The second-order valence-electron chi connectivity index (χ2n) is 4.20. The number of nitrogen functional groups attached to an aromatic ring is 1. The van der Waals surface area contributed by atoms with Crippen LogP contribution in [0.3, 0.4) is 0 Å². The third-order valence-electron chi connectivity index (χ3n) is 2.89. The Kier molecular flexibility index (Phi) is 3.49. The molecule has 17 heavy (non-hydrogen) atoms. The summed E-state index contributed by atoms with van der Waals surface area (Å²) in [5.41, 5.74) is 12.8. The highest BCUT2D eigenvalue weighted by atomic mass is 16.5. The SMILES string of the molecule is NC(=O)c1ccc(N)cc1NC1CCOCC1. The Bertz CT molecular complexity index is 414. The van der Waals surface area contributed by atoms with Gasteiger partial charge in [0.25, 0.3) is 5.91 Å². The van der Waals surface area contributed by atoms with Gasteiger partial charge >= 0.3 is 0 Å². The molecule has 1 amide bonds. The van der Waals surface area contributed by atoms with E-state index in [0.717, 1.165) is 26.1 Å². The highest BCUT2D eigenvalue weighted by Gasteiger charge is 2.16. The molecule has 1 aliphatic heterocycles. The number of nitrogens with one attached hydrogen (secondary N) is 1. The van der Waals surface area contributed by atoms with E-state index in [-0.39, 0.29) is 0 Å². The number of nitrogens with two attached hydrogens (primary N) is 2. The molecule has 2 rings (SSSR count). The van der Waals surface area contributed by atoms with Gasteiger partial charge in [0, 0.05) is 30.6 Å². The van der Waals surface area contributed by atoms with Crippen LogP contribution >= 0.6 is 0 Å². The molecule has 0 aromatic heterocycles. The lowest BCUT2D eigenvalue weighted by atomic mass is 10.1. The fourth-order valence-electron chi connectivity index (χ4n) is 1.96. The summed E-state index contributed by atoms with van der Waals surface area (Å²) in [6, 6.07) is 5.38. The van der Waals surface area contributed by atoms with Crippen LogP contribution in [-0.2, 0) is 4.74 Å². The van der Waals surface area contributed by atoms with Crippen LogP contribution in [0.5, 0.6) is 0 Å². The predicted octanol–water partition coefficient (Wildman–Crippen LogP) is 0.959. The molecule has 0 unspecified atom stereocenters. The van der Waals surface area contributed by atoms with E-state index in [4.69, 9.17) is 16.2 Å². The van der Waals surface area contributed by atoms with Gasteiger partial charge in [0.15, 0.2) is 0 Å². The van der Waals surface area contributed by atoms with Gasteiger partial charge in [-0.15, -0.1) is 0 Å². The molecule has 1 aromatic rings. The molecule has 0 bridgehead atoms. The molecule has 1 heterocycles. The van der Waals surface area contributed by atoms with Crippen molar-refractivity contribution >= 4 is 17.3 Å². The van der Waals surface area contributed by atoms with Crippen molar-refractivity contribution in [3.05, 3.63) is 23.8 Å². The first kappa shape index (κ1) is 11.7. The first-order valence-corrected chi connectivity index (χ1v) is 5.70. The van der Waals surface area contributed by atoms with Crippen molar-refractivity contribution in [2.75, 3.05) is 24.3 Å². The average Bonchev–Trinajstić information content (AvgIpc) is 2.30. The molecular weight excluding hydrogens is 218 g/mol. The van der Waals surface area contributed by atoms with E-state index in [0.29, 0.717) is 23.0 Å². The molecule has 1 fully saturated rings. The minimum atomic E-state index is -0.445. The van der Waals surface area contributed by atoms with E-state index in [1.165, 1.54) is 0 Å². The molecule has 5 nitrogen and oxygen atoms in total. The van der Waals surface area contributed by atoms with Gasteiger partial charge < -0.3 is 21.5 Å². The van der Waals surface area contributed by atoms with Gasteiger partial charge in [-0.05, 0) is 31.0 Å². The molecule has 5 heteroatoms. The number of rotatable bonds is 3. The summed E-state index contributed by atoms with van der Waals surface area (Å²) >= 11 is 0. The summed E-state index contributed by atoms with van der Waals surface area (Å²) in [5.74, 6) is -0.445. The standard InChI is InChI=1S/C12H17N3O2/c13-8-1-2-10(12(14)16)11(7-8)15-9-3-5-17-6-4-9/h1-2,7,9,15H,3-6,13H2,(H2,14,16). The van der Waals surface area contributed by atoms with Crippen LogP contribution in [0.15, 0.2) is 18.2 Å². The van der Waals surface area contributed by atoms with Crippen molar-refractivity contribution in [1.29, 1.82) is 0 Å². The highest BCUT2D eigenvalue weighted by molar-refractivity contribution is 5.99. The zero-order valence-corrected chi connectivity index (χ0v) is 9.61. The molecule has 1 aromatic carbocycles. The normalized spacial score (nSPS) is 16.7. The summed E-state index contributed by atoms with van der Waals surface area (Å²) in [7, 11) is 0. The summed E-state index contributed by atoms with van der Waals surface area (Å²) in [5, 5.41) is 3.31. The van der Waals surface area contributed by atoms with Crippen LogP contribution < -0.4 is 16.8 Å². The van der Waals surface area contributed by atoms with Crippen LogP contribution in [-0.4, -0.2) is 25.2 Å². The van der Waals surface area contributed by atoms with Crippen molar-refractivity contribution in [3.8, 4) is 0 Å². The number of anilines is 2. The van der Waals surface area contributed by atoms with Crippen molar-refractivity contribution < 1.29 is 9.53 Å². The number of carbonyl (C=O) groups excluding carboxylic acids is 1. The van der Waals surface area contributed by atoms with Crippen LogP contribution in [0.2, 0.25) is 0 Å². The Morgan fingerprint density at radius 2 is 2.06 bits per heavy atom. The fraction of sp³-hybridized carbons (Fsp3) is 0.417. The molecule has 1 saturated heterocycles. The first-order valence-electron chi connectivity index (χ1n) is 5.70. The quantitative estimate of drug-likeness (QED) is 0.680. The van der Waals surface area contributed by atoms with Crippen LogP contribution in [0, 0.1) is 0 Å². The Balaban J connectivity index is 2.17. The van der Waals surface area contributed by atoms with Crippen molar-refractivity contribution in [1.82, 2.24) is 0 Å². The number of benzene rings is 1. The topological polar surface area (TPSA) is 90.4 Å². The Labute approximate surface area is 100 Å². The number of hydrogen-bond donors (Lipinski definition) is 3. The maximum atomic E-state index is 11.3. The van der Waals surface area contributed by atoms with Crippen molar-refractivity contribution in [2.24, 2.45) is 5.73 Å². The summed E-state index contributed by atoms with van der Waals surface area (Å²) in [4.78, 5) is 11.3. The van der Waals surface area contributed by atoms with Gasteiger partial charge in [0.05, 0.1) is 5.56 Å².